The van der Waals surface area contributed by atoms with Crippen LogP contribution in [0.5, 0.6) is 0 Å². The van der Waals surface area contributed by atoms with Crippen LogP contribution in [0.3, 0.4) is 0 Å². The number of nitrogens with zero attached hydrogens (tertiary/aromatic N) is 3. The van der Waals surface area contributed by atoms with Crippen LogP contribution in [0.4, 0.5) is 0 Å². The van der Waals surface area contributed by atoms with Crippen molar-refractivity contribution >= 4 is 5.97 Å². The molecule has 114 valence electrons. The highest BCUT2D eigenvalue weighted by molar-refractivity contribution is 5.89. The summed E-state index contributed by atoms with van der Waals surface area (Å²) in [6.45, 7) is 1.99. The fourth-order valence-electron chi connectivity index (χ4n) is 1.98. The van der Waals surface area contributed by atoms with Gasteiger partial charge in [-0.25, -0.2) is 4.79 Å². The van der Waals surface area contributed by atoms with Crippen LogP contribution in [0, 0.1) is 5.92 Å². The maximum atomic E-state index is 11.6. The Morgan fingerprint density at radius 2 is 2.05 bits per heavy atom. The van der Waals surface area contributed by atoms with Crippen LogP contribution in [0.1, 0.15) is 10.4 Å². The molecule has 0 radical (unpaired) electrons. The number of rotatable bonds is 7. The van der Waals surface area contributed by atoms with Crippen molar-refractivity contribution in [2.75, 3.05) is 37.9 Å². The molecule has 21 heavy (non-hydrogen) atoms. The SMILES string of the molecule is O=C(OCCOn1on1N1CC(CO)C1)c1ccccc1. The summed E-state index contributed by atoms with van der Waals surface area (Å²) in [5.41, 5.74) is 0.512. The predicted octanol–water partition coefficient (Wildman–Crippen LogP) is -0.272. The summed E-state index contributed by atoms with van der Waals surface area (Å²) in [5, 5.41) is 12.0. The highest BCUT2D eigenvalue weighted by atomic mass is 17.0. The Labute approximate surface area is 120 Å². The van der Waals surface area contributed by atoms with E-state index in [-0.39, 0.29) is 25.8 Å². The van der Waals surface area contributed by atoms with Gasteiger partial charge < -0.3 is 14.7 Å². The van der Waals surface area contributed by atoms with Gasteiger partial charge in [0.25, 0.3) is 0 Å². The average Bonchev–Trinajstić information content (AvgIpc) is 3.22. The van der Waals surface area contributed by atoms with Gasteiger partial charge in [0, 0.05) is 30.6 Å². The lowest BCUT2D eigenvalue weighted by Crippen LogP contribution is -2.53. The normalized spacial score (nSPS) is 15.0. The highest BCUT2D eigenvalue weighted by Gasteiger charge is 2.33. The van der Waals surface area contributed by atoms with E-state index in [0.717, 1.165) is 13.1 Å². The Morgan fingerprint density at radius 1 is 1.29 bits per heavy atom. The monoisotopic (exact) mass is 295 g/mol. The van der Waals surface area contributed by atoms with E-state index >= 15 is 0 Å². The van der Waals surface area contributed by atoms with Crippen molar-refractivity contribution in [3.8, 4) is 0 Å². The number of carbonyl (C=O) groups is 1. The Hall–Kier alpha value is -2.35. The number of esters is 1. The van der Waals surface area contributed by atoms with Crippen LogP contribution in [0.15, 0.2) is 35.0 Å². The van der Waals surface area contributed by atoms with Gasteiger partial charge in [-0.15, -0.1) is 0 Å². The Bertz CT molecular complexity index is 567. The molecule has 0 spiro atoms. The molecule has 1 aromatic carbocycles. The van der Waals surface area contributed by atoms with Gasteiger partial charge in [-0.05, 0) is 12.1 Å². The molecule has 0 aliphatic carbocycles. The van der Waals surface area contributed by atoms with E-state index < -0.39 is 0 Å². The first kappa shape index (κ1) is 13.6. The summed E-state index contributed by atoms with van der Waals surface area (Å²) in [4.78, 5) is 18.3. The van der Waals surface area contributed by atoms with Gasteiger partial charge in [0.2, 0.25) is 0 Å². The lowest BCUT2D eigenvalue weighted by atomic mass is 10.0. The zero-order valence-electron chi connectivity index (χ0n) is 11.4. The third kappa shape index (κ3) is 3.22. The predicted molar refractivity (Wildman–Crippen MR) is 71.4 cm³/mol. The van der Waals surface area contributed by atoms with Gasteiger partial charge in [0.15, 0.2) is 6.61 Å². The van der Waals surface area contributed by atoms with Crippen molar-refractivity contribution in [1.82, 2.24) is 9.98 Å². The lowest BCUT2D eigenvalue weighted by Gasteiger charge is -2.34. The Balaban J connectivity index is 1.32. The van der Waals surface area contributed by atoms with E-state index in [1.165, 1.54) is 9.98 Å². The van der Waals surface area contributed by atoms with Crippen LogP contribution >= 0.6 is 0 Å². The van der Waals surface area contributed by atoms with E-state index in [4.69, 9.17) is 19.3 Å². The van der Waals surface area contributed by atoms with Crippen LogP contribution in [0.2, 0.25) is 0 Å². The Morgan fingerprint density at radius 3 is 2.76 bits per heavy atom. The number of benzene rings is 1. The molecule has 0 amide bonds. The minimum atomic E-state index is -0.378. The number of ether oxygens (including phenoxy) is 1. The zero-order valence-corrected chi connectivity index (χ0v) is 11.4. The first-order chi connectivity index (χ1) is 10.3. The summed E-state index contributed by atoms with van der Waals surface area (Å²) in [7, 11) is 0. The molecule has 1 N–H and O–H groups in total. The van der Waals surface area contributed by atoms with Gasteiger partial charge in [0.05, 0.1) is 5.56 Å². The first-order valence-electron chi connectivity index (χ1n) is 6.77. The molecule has 1 fully saturated rings. The summed E-state index contributed by atoms with van der Waals surface area (Å²) < 4.78 is 10.1. The number of hydrogen-bond donors (Lipinski definition) is 1. The number of aliphatic hydroxyl groups is 1. The molecule has 1 saturated heterocycles. The van der Waals surface area contributed by atoms with Crippen molar-refractivity contribution in [2.45, 2.75) is 0 Å². The lowest BCUT2D eigenvalue weighted by molar-refractivity contribution is 0.00809. The smallest absolute Gasteiger partial charge is 0.338 e. The summed E-state index contributed by atoms with van der Waals surface area (Å²) in [6.07, 6.45) is 0. The van der Waals surface area contributed by atoms with E-state index in [1.54, 1.807) is 24.3 Å². The summed E-state index contributed by atoms with van der Waals surface area (Å²) in [5.74, 6) is -0.0841. The molecule has 1 aliphatic heterocycles. The van der Waals surface area contributed by atoms with Crippen molar-refractivity contribution in [3.63, 3.8) is 0 Å². The van der Waals surface area contributed by atoms with Crippen LogP contribution in [0.25, 0.3) is 0 Å². The van der Waals surface area contributed by atoms with Crippen LogP contribution < -0.4 is 9.85 Å². The maximum absolute atomic E-state index is 11.6. The van der Waals surface area contributed by atoms with Gasteiger partial charge in [0.1, 0.15) is 11.6 Å². The molecular weight excluding hydrogens is 278 g/mol. The van der Waals surface area contributed by atoms with E-state index in [1.807, 2.05) is 11.1 Å². The molecule has 1 aliphatic rings. The summed E-state index contributed by atoms with van der Waals surface area (Å²) in [6, 6.07) is 8.78. The van der Waals surface area contributed by atoms with Crippen LogP contribution in [-0.4, -0.2) is 54.0 Å². The van der Waals surface area contributed by atoms with E-state index in [0.29, 0.717) is 11.5 Å². The second-order valence-electron chi connectivity index (χ2n) is 4.83. The molecule has 0 saturated carbocycles. The Kier molecular flexibility index (Phi) is 3.87. The second-order valence-corrected chi connectivity index (χ2v) is 4.83. The van der Waals surface area contributed by atoms with Crippen molar-refractivity contribution in [3.05, 3.63) is 35.9 Å². The zero-order chi connectivity index (χ0) is 14.7. The molecular formula is C13H17N3O5. The largest absolute Gasteiger partial charge is 0.458 e. The van der Waals surface area contributed by atoms with Gasteiger partial charge >= 0.3 is 5.97 Å². The second kappa shape index (κ2) is 5.96. The van der Waals surface area contributed by atoms with Gasteiger partial charge in [-0.1, -0.05) is 18.2 Å². The quantitative estimate of drug-likeness (QED) is 0.559. The van der Waals surface area contributed by atoms with Crippen molar-refractivity contribution < 1.29 is 24.1 Å². The molecule has 8 nitrogen and oxygen atoms in total. The minimum Gasteiger partial charge on any atom is -0.458 e. The topological polar surface area (TPSA) is 82.0 Å². The van der Waals surface area contributed by atoms with Crippen LogP contribution in [-0.2, 0) is 4.74 Å². The maximum Gasteiger partial charge on any atom is 0.338 e. The fraction of sp³-hybridized carbons (Fsp3) is 0.462. The van der Waals surface area contributed by atoms with Gasteiger partial charge in [-0.2, -0.15) is 4.63 Å². The van der Waals surface area contributed by atoms with E-state index in [2.05, 4.69) is 0 Å². The number of carbonyl (C=O) groups excluding carboxylic acids is 1. The molecule has 3 rings (SSSR count). The molecule has 0 atom stereocenters. The summed E-state index contributed by atoms with van der Waals surface area (Å²) >= 11 is 0. The number of aromatic nitrogens is 2. The highest BCUT2D eigenvalue weighted by Crippen LogP contribution is 2.14. The number of aliphatic hydroxyl groups excluding tert-OH is 1. The molecule has 2 aromatic rings. The standard InChI is InChI=1S/C13H17N3O5/c17-10-11-8-14(9-11)15-16(21-15)20-7-6-19-13(18)12-4-2-1-3-5-12/h1-5,11,17H,6-10H2. The first-order valence-corrected chi connectivity index (χ1v) is 6.77. The van der Waals surface area contributed by atoms with Crippen molar-refractivity contribution in [2.24, 2.45) is 5.92 Å². The molecule has 0 unspecified atom stereocenters. The minimum absolute atomic E-state index is 0.140. The van der Waals surface area contributed by atoms with Crippen molar-refractivity contribution in [1.29, 1.82) is 0 Å². The number of hydrogen-bond acceptors (Lipinski definition) is 6. The molecule has 0 bridgehead atoms. The molecule has 2 heterocycles. The third-order valence-corrected chi connectivity index (χ3v) is 3.22. The molecule has 8 heteroatoms. The average molecular weight is 295 g/mol. The van der Waals surface area contributed by atoms with E-state index in [9.17, 15) is 4.79 Å². The molecule has 1 aromatic heterocycles. The van der Waals surface area contributed by atoms with Gasteiger partial charge in [-0.3, -0.25) is 5.01 Å². The fourth-order valence-corrected chi connectivity index (χ4v) is 1.98. The third-order valence-electron chi connectivity index (χ3n) is 3.22.